The third-order valence-electron chi connectivity index (χ3n) is 9.65. The molecule has 5 atom stereocenters. The van der Waals surface area contributed by atoms with E-state index >= 15 is 0 Å². The normalized spacial score (nSPS) is 32.9. The highest BCUT2D eigenvalue weighted by Gasteiger charge is 2.61. The maximum absolute atomic E-state index is 15.0. The van der Waals surface area contributed by atoms with E-state index in [9.17, 15) is 31.2 Å². The Morgan fingerprint density at radius 3 is 2.30 bits per heavy atom. The summed E-state index contributed by atoms with van der Waals surface area (Å²) in [6.07, 6.45) is 1.35. The molecular weight excluding hydrogens is 543 g/mol. The van der Waals surface area contributed by atoms with Crippen molar-refractivity contribution in [1.82, 2.24) is 4.72 Å². The molecule has 6 rings (SSSR count). The number of amides is 2. The van der Waals surface area contributed by atoms with E-state index in [4.69, 9.17) is 0 Å². The predicted molar refractivity (Wildman–Crippen MR) is 143 cm³/mol. The minimum atomic E-state index is -3.67. The molecule has 0 aromatic heterocycles. The summed E-state index contributed by atoms with van der Waals surface area (Å²) in [7, 11) is -1.85. The molecule has 2 aliphatic heterocycles. The summed E-state index contributed by atoms with van der Waals surface area (Å²) < 4.78 is 69.8. The molecular formula is C29H33F3N3O4S+. The Balaban J connectivity index is 1.52. The van der Waals surface area contributed by atoms with Gasteiger partial charge >= 0.3 is 5.91 Å². The van der Waals surface area contributed by atoms with Crippen molar-refractivity contribution in [2.24, 2.45) is 0 Å². The van der Waals surface area contributed by atoms with Crippen LogP contribution in [0, 0.1) is 5.82 Å². The zero-order valence-electron chi connectivity index (χ0n) is 22.2. The lowest BCUT2D eigenvalue weighted by molar-refractivity contribution is -0.895. The first kappa shape index (κ1) is 27.4. The molecule has 0 bridgehead atoms. The van der Waals surface area contributed by atoms with Crippen molar-refractivity contribution < 1.29 is 35.7 Å². The first-order chi connectivity index (χ1) is 18.9. The second-order valence-corrected chi connectivity index (χ2v) is 13.7. The minimum absolute atomic E-state index is 0.00651. The third-order valence-corrected chi connectivity index (χ3v) is 11.1. The third kappa shape index (κ3) is 4.46. The van der Waals surface area contributed by atoms with Crippen LogP contribution >= 0.6 is 0 Å². The van der Waals surface area contributed by atoms with Crippen LogP contribution in [0.25, 0.3) is 0 Å². The average Bonchev–Trinajstić information content (AvgIpc) is 3.23. The molecule has 11 heteroatoms. The van der Waals surface area contributed by atoms with Crippen molar-refractivity contribution in [3.8, 4) is 0 Å². The fourth-order valence-electron chi connectivity index (χ4n) is 7.39. The topological polar surface area (TPSA) is 83.6 Å². The van der Waals surface area contributed by atoms with Gasteiger partial charge in [0.05, 0.1) is 18.8 Å². The fraction of sp³-hybridized carbons (Fsp3) is 0.517. The zero-order valence-corrected chi connectivity index (χ0v) is 23.0. The van der Waals surface area contributed by atoms with Crippen LogP contribution in [0.15, 0.2) is 48.5 Å². The second-order valence-electron chi connectivity index (χ2n) is 11.8. The zero-order chi connectivity index (χ0) is 28.4. The Bertz CT molecular complexity index is 1460. The smallest absolute Gasteiger partial charge is 0.290 e. The maximum Gasteiger partial charge on any atom is 0.341 e. The van der Waals surface area contributed by atoms with Crippen molar-refractivity contribution >= 4 is 27.5 Å². The number of likely N-dealkylation sites (N-methyl/N-ethyl adjacent to an activating group) is 1. The maximum atomic E-state index is 15.0. The molecule has 0 radical (unpaired) electrons. The van der Waals surface area contributed by atoms with Gasteiger partial charge in [-0.25, -0.2) is 31.1 Å². The molecule has 2 aromatic rings. The molecule has 40 heavy (non-hydrogen) atoms. The van der Waals surface area contributed by atoms with Gasteiger partial charge in [0, 0.05) is 43.7 Å². The molecule has 1 saturated heterocycles. The number of benzene rings is 2. The van der Waals surface area contributed by atoms with E-state index in [0.29, 0.717) is 5.56 Å². The number of halogens is 3. The van der Waals surface area contributed by atoms with E-state index in [0.717, 1.165) is 18.4 Å². The SMILES string of the molecule is C[N+]1(C2CCC(F)(F)CC2)C(=O)C(N(C(=O)[C@@H]2CCS(=O)(=O)N2)c2cccc(F)c2)c2ccccc2C2CCC21. The van der Waals surface area contributed by atoms with Gasteiger partial charge < -0.3 is 0 Å². The number of nitrogens with zero attached hydrogens (tertiary/aromatic N) is 2. The monoisotopic (exact) mass is 576 g/mol. The van der Waals surface area contributed by atoms with Crippen LogP contribution in [0.1, 0.15) is 68.0 Å². The molecule has 214 valence electrons. The van der Waals surface area contributed by atoms with Crippen LogP contribution in [0.4, 0.5) is 18.9 Å². The number of fused-ring (bicyclic) bond motifs is 3. The summed E-state index contributed by atoms with van der Waals surface area (Å²) in [6.45, 7) is 0. The van der Waals surface area contributed by atoms with Crippen molar-refractivity contribution in [3.05, 3.63) is 65.5 Å². The number of hydrogen-bond acceptors (Lipinski definition) is 4. The summed E-state index contributed by atoms with van der Waals surface area (Å²) in [4.78, 5) is 30.4. The minimum Gasteiger partial charge on any atom is -0.290 e. The average molecular weight is 577 g/mol. The summed E-state index contributed by atoms with van der Waals surface area (Å²) >= 11 is 0. The highest BCUT2D eigenvalue weighted by Crippen LogP contribution is 2.53. The lowest BCUT2D eigenvalue weighted by Gasteiger charge is -2.53. The van der Waals surface area contributed by atoms with Crippen LogP contribution in [0.3, 0.4) is 0 Å². The molecule has 2 amide bonds. The van der Waals surface area contributed by atoms with E-state index in [-0.39, 0.29) is 71.9 Å². The first-order valence-corrected chi connectivity index (χ1v) is 15.5. The second kappa shape index (κ2) is 9.66. The lowest BCUT2D eigenvalue weighted by Crippen LogP contribution is -2.68. The van der Waals surface area contributed by atoms with Gasteiger partial charge in [0.2, 0.25) is 21.9 Å². The van der Waals surface area contributed by atoms with Crippen LogP contribution in [0.2, 0.25) is 0 Å². The van der Waals surface area contributed by atoms with Crippen molar-refractivity contribution in [2.75, 3.05) is 17.7 Å². The summed E-state index contributed by atoms with van der Waals surface area (Å²) in [5, 5.41) is 0. The first-order valence-electron chi connectivity index (χ1n) is 13.9. The lowest BCUT2D eigenvalue weighted by atomic mass is 9.71. The highest BCUT2D eigenvalue weighted by atomic mass is 32.2. The van der Waals surface area contributed by atoms with E-state index < -0.39 is 39.8 Å². The Morgan fingerprint density at radius 1 is 1.00 bits per heavy atom. The fourth-order valence-corrected chi connectivity index (χ4v) is 8.70. The summed E-state index contributed by atoms with van der Waals surface area (Å²) in [5.74, 6) is -4.56. The summed E-state index contributed by atoms with van der Waals surface area (Å²) in [6, 6.07) is 10.0. The van der Waals surface area contributed by atoms with E-state index in [1.165, 1.54) is 29.2 Å². The standard InChI is InChI=1S/C29H33F3N3O4S/c1-35(20-11-14-29(31,32)15-12-20)25-10-9-22(25)21-7-2-3-8-23(21)26(28(35)37)34(19-6-4-5-18(30)17-19)27(36)24-13-16-40(38,39)33-24/h2-8,17,20,22,24-26,33H,9-16H2,1H3/q+1/t22?,24-,25?,26?,35?/m0/s1. The number of carbonyl (C=O) groups is 2. The van der Waals surface area contributed by atoms with Gasteiger partial charge in [-0.15, -0.1) is 0 Å². The van der Waals surface area contributed by atoms with Crippen molar-refractivity contribution in [1.29, 1.82) is 0 Å². The number of alkyl halides is 2. The van der Waals surface area contributed by atoms with Crippen LogP contribution < -0.4 is 9.62 Å². The van der Waals surface area contributed by atoms with Crippen LogP contribution in [-0.2, 0) is 19.6 Å². The van der Waals surface area contributed by atoms with Gasteiger partial charge in [0.15, 0.2) is 6.04 Å². The number of quaternary nitrogens is 1. The van der Waals surface area contributed by atoms with E-state index in [1.807, 2.05) is 19.2 Å². The highest BCUT2D eigenvalue weighted by molar-refractivity contribution is 7.89. The van der Waals surface area contributed by atoms with Gasteiger partial charge in [0.1, 0.15) is 17.9 Å². The Morgan fingerprint density at radius 2 is 1.70 bits per heavy atom. The number of hydrogen-bond donors (Lipinski definition) is 1. The Hall–Kier alpha value is -2.76. The molecule has 2 aliphatic carbocycles. The van der Waals surface area contributed by atoms with Gasteiger partial charge in [0.25, 0.3) is 0 Å². The number of nitrogens with one attached hydrogen (secondary N) is 1. The summed E-state index contributed by atoms with van der Waals surface area (Å²) in [5.41, 5.74) is 1.67. The number of rotatable bonds is 4. The molecule has 4 unspecified atom stereocenters. The van der Waals surface area contributed by atoms with Crippen LogP contribution in [-0.4, -0.2) is 61.6 Å². The predicted octanol–water partition coefficient (Wildman–Crippen LogP) is 4.40. The number of sulfonamides is 1. The molecule has 1 N–H and O–H groups in total. The Labute approximate surface area is 232 Å². The Kier molecular flexibility index (Phi) is 6.62. The molecule has 7 nitrogen and oxygen atoms in total. The molecule has 0 spiro atoms. The van der Waals surface area contributed by atoms with Crippen molar-refractivity contribution in [2.45, 2.75) is 81.0 Å². The van der Waals surface area contributed by atoms with Gasteiger partial charge in [-0.3, -0.25) is 14.2 Å². The van der Waals surface area contributed by atoms with Gasteiger partial charge in [-0.2, -0.15) is 0 Å². The molecule has 2 saturated carbocycles. The van der Waals surface area contributed by atoms with E-state index in [2.05, 4.69) is 4.72 Å². The van der Waals surface area contributed by atoms with Gasteiger partial charge in [-0.05, 0) is 42.2 Å². The van der Waals surface area contributed by atoms with Crippen molar-refractivity contribution in [3.63, 3.8) is 0 Å². The van der Waals surface area contributed by atoms with E-state index in [1.54, 1.807) is 12.1 Å². The molecule has 2 heterocycles. The van der Waals surface area contributed by atoms with Gasteiger partial charge in [-0.1, -0.05) is 30.3 Å². The molecule has 3 fully saturated rings. The molecule has 2 aromatic carbocycles. The van der Waals surface area contributed by atoms with Crippen LogP contribution in [0.5, 0.6) is 0 Å². The number of anilines is 1. The quantitative estimate of drug-likeness (QED) is 0.547. The largest absolute Gasteiger partial charge is 0.341 e. The molecule has 4 aliphatic rings. The number of carbonyl (C=O) groups excluding carboxylic acids is 2.